The predicted octanol–water partition coefficient (Wildman–Crippen LogP) is 2.01. The number of ether oxygens (including phenoxy) is 1. The quantitative estimate of drug-likeness (QED) is 0.924. The van der Waals surface area contributed by atoms with Gasteiger partial charge in [0.05, 0.1) is 18.5 Å². The van der Waals surface area contributed by atoms with Gasteiger partial charge in [0.15, 0.2) is 0 Å². The van der Waals surface area contributed by atoms with Crippen LogP contribution in [0.5, 0.6) is 0 Å². The molecular weight excluding hydrogens is 284 g/mol. The Morgan fingerprint density at radius 1 is 1.29 bits per heavy atom. The summed E-state index contributed by atoms with van der Waals surface area (Å²) in [7, 11) is 0. The lowest BCUT2D eigenvalue weighted by molar-refractivity contribution is -0.115. The van der Waals surface area contributed by atoms with E-state index in [9.17, 15) is 4.79 Å². The highest BCUT2D eigenvalue weighted by Crippen LogP contribution is 2.27. The molecule has 0 spiro atoms. The summed E-state index contributed by atoms with van der Waals surface area (Å²) in [6, 6.07) is 8.12. The van der Waals surface area contributed by atoms with Crippen molar-refractivity contribution in [1.82, 2.24) is 4.90 Å². The van der Waals surface area contributed by atoms with Crippen LogP contribution in [-0.4, -0.2) is 54.7 Å². The summed E-state index contributed by atoms with van der Waals surface area (Å²) < 4.78 is 5.35. The zero-order chi connectivity index (χ0) is 14.5. The number of carbonyl (C=O) groups excluding carboxylic acids is 1. The minimum Gasteiger partial charge on any atom is -0.379 e. The number of thioether (sulfide) groups is 1. The van der Waals surface area contributed by atoms with E-state index in [0.29, 0.717) is 0 Å². The van der Waals surface area contributed by atoms with Crippen molar-refractivity contribution in [2.45, 2.75) is 18.1 Å². The SMILES string of the molecule is O=C1Nc2ccccc2CCC1SCCN1CCOCC1. The Labute approximate surface area is 130 Å². The normalized spacial score (nSPS) is 23.2. The summed E-state index contributed by atoms with van der Waals surface area (Å²) >= 11 is 1.79. The largest absolute Gasteiger partial charge is 0.379 e. The number of aryl methyl sites for hydroxylation is 1. The Hall–Kier alpha value is -1.04. The zero-order valence-corrected chi connectivity index (χ0v) is 13.0. The van der Waals surface area contributed by atoms with E-state index in [1.165, 1.54) is 5.56 Å². The molecule has 1 fully saturated rings. The van der Waals surface area contributed by atoms with Gasteiger partial charge in [0, 0.05) is 31.1 Å². The van der Waals surface area contributed by atoms with Crippen molar-refractivity contribution in [1.29, 1.82) is 0 Å². The number of benzene rings is 1. The molecule has 1 aromatic rings. The highest BCUT2D eigenvalue weighted by molar-refractivity contribution is 8.00. The van der Waals surface area contributed by atoms with Gasteiger partial charge in [-0.3, -0.25) is 9.69 Å². The first-order chi connectivity index (χ1) is 10.3. The first kappa shape index (κ1) is 14.9. The van der Waals surface area contributed by atoms with Gasteiger partial charge in [-0.2, -0.15) is 0 Å². The van der Waals surface area contributed by atoms with E-state index < -0.39 is 0 Å². The van der Waals surface area contributed by atoms with Crippen LogP contribution < -0.4 is 5.32 Å². The van der Waals surface area contributed by atoms with Crippen LogP contribution in [-0.2, 0) is 16.0 Å². The van der Waals surface area contributed by atoms with Crippen LogP contribution >= 0.6 is 11.8 Å². The second kappa shape index (κ2) is 7.29. The first-order valence-corrected chi connectivity index (χ1v) is 8.68. The van der Waals surface area contributed by atoms with Crippen LogP contribution in [0, 0.1) is 0 Å². The van der Waals surface area contributed by atoms with Crippen molar-refractivity contribution in [3.05, 3.63) is 29.8 Å². The van der Waals surface area contributed by atoms with Crippen LogP contribution in [0.15, 0.2) is 24.3 Å². The lowest BCUT2D eigenvalue weighted by Gasteiger charge is -2.26. The fourth-order valence-electron chi connectivity index (χ4n) is 2.80. The van der Waals surface area contributed by atoms with E-state index in [2.05, 4.69) is 16.3 Å². The molecule has 0 radical (unpaired) electrons. The number of anilines is 1. The maximum absolute atomic E-state index is 12.3. The van der Waals surface area contributed by atoms with E-state index >= 15 is 0 Å². The van der Waals surface area contributed by atoms with Crippen LogP contribution in [0.3, 0.4) is 0 Å². The van der Waals surface area contributed by atoms with Gasteiger partial charge in [-0.25, -0.2) is 0 Å². The van der Waals surface area contributed by atoms with Gasteiger partial charge in [-0.15, -0.1) is 11.8 Å². The highest BCUT2D eigenvalue weighted by atomic mass is 32.2. The van der Waals surface area contributed by atoms with Crippen LogP contribution in [0.25, 0.3) is 0 Å². The summed E-state index contributed by atoms with van der Waals surface area (Å²) in [4.78, 5) is 14.7. The third-order valence-electron chi connectivity index (χ3n) is 4.07. The maximum atomic E-state index is 12.3. The minimum absolute atomic E-state index is 0.0680. The monoisotopic (exact) mass is 306 g/mol. The molecule has 1 unspecified atom stereocenters. The van der Waals surface area contributed by atoms with Gasteiger partial charge in [0.2, 0.25) is 5.91 Å². The molecule has 5 heteroatoms. The number of nitrogens with one attached hydrogen (secondary N) is 1. The molecule has 0 aliphatic carbocycles. The third-order valence-corrected chi connectivity index (χ3v) is 5.34. The summed E-state index contributed by atoms with van der Waals surface area (Å²) in [5.74, 6) is 1.17. The van der Waals surface area contributed by atoms with Gasteiger partial charge < -0.3 is 10.1 Å². The Balaban J connectivity index is 1.49. The van der Waals surface area contributed by atoms with E-state index in [0.717, 1.165) is 57.1 Å². The van der Waals surface area contributed by atoms with Crippen molar-refractivity contribution in [3.8, 4) is 0 Å². The molecule has 3 rings (SSSR count). The average molecular weight is 306 g/mol. The summed E-state index contributed by atoms with van der Waals surface area (Å²) in [6.45, 7) is 4.75. The molecule has 2 heterocycles. The number of fused-ring (bicyclic) bond motifs is 1. The first-order valence-electron chi connectivity index (χ1n) is 7.63. The maximum Gasteiger partial charge on any atom is 0.237 e. The minimum atomic E-state index is 0.0680. The fraction of sp³-hybridized carbons (Fsp3) is 0.562. The summed E-state index contributed by atoms with van der Waals surface area (Å²) in [6.07, 6.45) is 1.90. The third kappa shape index (κ3) is 3.99. The number of nitrogens with zero attached hydrogens (tertiary/aromatic N) is 1. The zero-order valence-electron chi connectivity index (χ0n) is 12.2. The van der Waals surface area contributed by atoms with Gasteiger partial charge in [-0.05, 0) is 24.5 Å². The van der Waals surface area contributed by atoms with Crippen molar-refractivity contribution in [2.24, 2.45) is 0 Å². The number of hydrogen-bond donors (Lipinski definition) is 1. The number of para-hydroxylation sites is 1. The molecule has 1 saturated heterocycles. The molecule has 0 bridgehead atoms. The molecule has 1 N–H and O–H groups in total. The lowest BCUT2D eigenvalue weighted by atomic mass is 10.1. The van der Waals surface area contributed by atoms with Crippen LogP contribution in [0.1, 0.15) is 12.0 Å². The second-order valence-corrected chi connectivity index (χ2v) is 6.81. The van der Waals surface area contributed by atoms with E-state index in [1.807, 2.05) is 18.2 Å². The molecule has 4 nitrogen and oxygen atoms in total. The van der Waals surface area contributed by atoms with Gasteiger partial charge in [0.1, 0.15) is 0 Å². The molecule has 0 aromatic heterocycles. The molecular formula is C16H22N2O2S. The Kier molecular flexibility index (Phi) is 5.17. The number of carbonyl (C=O) groups is 1. The second-order valence-electron chi connectivity index (χ2n) is 5.50. The van der Waals surface area contributed by atoms with Crippen LogP contribution in [0.4, 0.5) is 5.69 Å². The van der Waals surface area contributed by atoms with Gasteiger partial charge >= 0.3 is 0 Å². The van der Waals surface area contributed by atoms with Crippen LogP contribution in [0.2, 0.25) is 0 Å². The van der Waals surface area contributed by atoms with Gasteiger partial charge in [-0.1, -0.05) is 18.2 Å². The van der Waals surface area contributed by atoms with E-state index in [4.69, 9.17) is 4.74 Å². The predicted molar refractivity (Wildman–Crippen MR) is 86.9 cm³/mol. The Morgan fingerprint density at radius 3 is 2.95 bits per heavy atom. The summed E-state index contributed by atoms with van der Waals surface area (Å²) in [5, 5.41) is 3.14. The smallest absolute Gasteiger partial charge is 0.237 e. The molecule has 21 heavy (non-hydrogen) atoms. The summed E-state index contributed by atoms with van der Waals surface area (Å²) in [5.41, 5.74) is 2.24. The average Bonchev–Trinajstić information content (AvgIpc) is 2.68. The van der Waals surface area contributed by atoms with E-state index in [-0.39, 0.29) is 11.2 Å². The molecule has 2 aliphatic rings. The molecule has 0 saturated carbocycles. The Morgan fingerprint density at radius 2 is 2.10 bits per heavy atom. The van der Waals surface area contributed by atoms with Gasteiger partial charge in [0.25, 0.3) is 0 Å². The molecule has 1 atom stereocenters. The van der Waals surface area contributed by atoms with Crippen molar-refractivity contribution < 1.29 is 9.53 Å². The topological polar surface area (TPSA) is 41.6 Å². The van der Waals surface area contributed by atoms with Crippen molar-refractivity contribution >= 4 is 23.4 Å². The fourth-order valence-corrected chi connectivity index (χ4v) is 3.94. The standard InChI is InChI=1S/C16H22N2O2S/c19-16-15(21-12-9-18-7-10-20-11-8-18)6-5-13-3-1-2-4-14(13)17-16/h1-4,15H,5-12H2,(H,17,19). The van der Waals surface area contributed by atoms with E-state index in [1.54, 1.807) is 11.8 Å². The molecule has 2 aliphatic heterocycles. The molecule has 1 aromatic carbocycles. The molecule has 1 amide bonds. The lowest BCUT2D eigenvalue weighted by Crippen LogP contribution is -2.38. The number of rotatable bonds is 4. The van der Waals surface area contributed by atoms with Crippen molar-refractivity contribution in [2.75, 3.05) is 43.9 Å². The Bertz CT molecular complexity index is 489. The number of amides is 1. The molecule has 114 valence electrons. The highest BCUT2D eigenvalue weighted by Gasteiger charge is 2.23. The van der Waals surface area contributed by atoms with Crippen molar-refractivity contribution in [3.63, 3.8) is 0 Å². The number of morpholine rings is 1. The number of hydrogen-bond acceptors (Lipinski definition) is 4.